The third kappa shape index (κ3) is 5.40. The Labute approximate surface area is 41.1 Å². The van der Waals surface area contributed by atoms with Crippen LogP contribution >= 0.6 is 0 Å². The molecule has 0 fully saturated rings. The van der Waals surface area contributed by atoms with Crippen LogP contribution in [-0.2, 0) is 10.1 Å². The fourth-order valence-electron chi connectivity index (χ4n) is 0.0816. The predicted octanol–water partition coefficient (Wildman–Crippen LogP) is -0.602. The highest BCUT2D eigenvalue weighted by Crippen LogP contribution is 1.74. The molecule has 0 bridgehead atoms. The van der Waals surface area contributed by atoms with Crippen LogP contribution in [0, 0.1) is 11.3 Å². The summed E-state index contributed by atoms with van der Waals surface area (Å²) in [7, 11) is -4.04. The van der Waals surface area contributed by atoms with Crippen molar-refractivity contribution in [3.05, 3.63) is 0 Å². The summed E-state index contributed by atoms with van der Waals surface area (Å²) in [5.41, 5.74) is 0. The topological polar surface area (TPSA) is 78.2 Å². The zero-order chi connectivity index (χ0) is 5.91. The molecule has 0 aromatic carbocycles. The van der Waals surface area contributed by atoms with E-state index in [-0.39, 0.29) is 0 Å². The molecule has 0 spiro atoms. The lowest BCUT2D eigenvalue weighted by Crippen LogP contribution is -1.99. The second-order valence-corrected chi connectivity index (χ2v) is 2.34. The Bertz CT molecular complexity index is 174. The van der Waals surface area contributed by atoms with Crippen molar-refractivity contribution in [2.45, 2.75) is 0 Å². The van der Waals surface area contributed by atoms with Crippen LogP contribution in [0.4, 0.5) is 0 Å². The van der Waals surface area contributed by atoms with Gasteiger partial charge in [-0.2, -0.15) is 13.7 Å². The van der Waals surface area contributed by atoms with E-state index in [2.05, 4.69) is 0 Å². The minimum absolute atomic E-state index is 0.826. The van der Waals surface area contributed by atoms with E-state index in [0.717, 1.165) is 0 Å². The lowest BCUT2D eigenvalue weighted by molar-refractivity contribution is 0.487. The van der Waals surface area contributed by atoms with Gasteiger partial charge in [0.05, 0.1) is 6.07 Å². The van der Waals surface area contributed by atoms with Crippen molar-refractivity contribution >= 4 is 10.1 Å². The molecule has 0 heterocycles. The van der Waals surface area contributed by atoms with Gasteiger partial charge in [0.2, 0.25) is 0 Å². The highest BCUT2D eigenvalue weighted by molar-refractivity contribution is 7.86. The number of nitrogens with zero attached hydrogens (tertiary/aromatic N) is 1. The predicted molar refractivity (Wildman–Crippen MR) is 22.0 cm³/mol. The smallest absolute Gasteiger partial charge is 0.278 e. The van der Waals surface area contributed by atoms with E-state index in [0.29, 0.717) is 0 Å². The van der Waals surface area contributed by atoms with E-state index < -0.39 is 15.9 Å². The summed E-state index contributed by atoms with van der Waals surface area (Å²) in [5.74, 6) is -0.826. The minimum Gasteiger partial charge on any atom is -0.285 e. The summed E-state index contributed by atoms with van der Waals surface area (Å²) in [6, 6.07) is 1.27. The first-order chi connectivity index (χ1) is 3.06. The van der Waals surface area contributed by atoms with Gasteiger partial charge in [-0.25, -0.2) is 0 Å². The molecule has 0 saturated carbocycles. The van der Waals surface area contributed by atoms with Crippen LogP contribution < -0.4 is 0 Å². The monoisotopic (exact) mass is 121 g/mol. The molecule has 0 saturated heterocycles. The van der Waals surface area contributed by atoms with E-state index in [1.165, 1.54) is 6.07 Å². The Hall–Kier alpha value is -0.600. The molecule has 0 aromatic rings. The Morgan fingerprint density at radius 1 is 1.71 bits per heavy atom. The number of hydrogen-bond acceptors (Lipinski definition) is 3. The standard InChI is InChI=1S/C2H3NO3S/c3-1-2-7(4,5)6/h2H2,(H,4,5,6). The normalized spacial score (nSPS) is 10.3. The summed E-state index contributed by atoms with van der Waals surface area (Å²) >= 11 is 0. The van der Waals surface area contributed by atoms with Crippen LogP contribution in [0.1, 0.15) is 0 Å². The second kappa shape index (κ2) is 1.91. The highest BCUT2D eigenvalue weighted by Gasteiger charge is 1.98. The van der Waals surface area contributed by atoms with Gasteiger partial charge in [-0.05, 0) is 0 Å². The Morgan fingerprint density at radius 2 is 2.14 bits per heavy atom. The molecular formula is C2H3NO3S. The third-order valence-corrected chi connectivity index (χ3v) is 0.741. The molecule has 0 aromatic heterocycles. The summed E-state index contributed by atoms with van der Waals surface area (Å²) in [6.07, 6.45) is 0. The van der Waals surface area contributed by atoms with Crippen molar-refractivity contribution in [2.24, 2.45) is 0 Å². The number of rotatable bonds is 1. The van der Waals surface area contributed by atoms with Gasteiger partial charge >= 0.3 is 0 Å². The van der Waals surface area contributed by atoms with Crippen molar-refractivity contribution in [3.63, 3.8) is 0 Å². The largest absolute Gasteiger partial charge is 0.285 e. The maximum atomic E-state index is 9.56. The highest BCUT2D eigenvalue weighted by atomic mass is 32.2. The van der Waals surface area contributed by atoms with E-state index in [1.54, 1.807) is 0 Å². The molecule has 7 heavy (non-hydrogen) atoms. The van der Waals surface area contributed by atoms with Crippen LogP contribution in [0.2, 0.25) is 0 Å². The van der Waals surface area contributed by atoms with Gasteiger partial charge in [-0.3, -0.25) is 4.55 Å². The molecule has 0 aliphatic heterocycles. The molecule has 0 amide bonds. The molecule has 0 radical (unpaired) electrons. The minimum atomic E-state index is -4.04. The number of nitriles is 1. The fraction of sp³-hybridized carbons (Fsp3) is 0.500. The Morgan fingerprint density at radius 3 is 2.14 bits per heavy atom. The molecule has 0 atom stereocenters. The zero-order valence-electron chi connectivity index (χ0n) is 3.33. The van der Waals surface area contributed by atoms with Gasteiger partial charge in [-0.15, -0.1) is 0 Å². The van der Waals surface area contributed by atoms with Gasteiger partial charge in [-0.1, -0.05) is 0 Å². The van der Waals surface area contributed by atoms with Crippen LogP contribution in [-0.4, -0.2) is 18.7 Å². The van der Waals surface area contributed by atoms with E-state index >= 15 is 0 Å². The molecule has 40 valence electrons. The Kier molecular flexibility index (Phi) is 1.75. The lowest BCUT2D eigenvalue weighted by Gasteiger charge is -1.78. The SMILES string of the molecule is N#CCS(=O)(=O)O. The molecule has 1 N–H and O–H groups in total. The number of hydrogen-bond donors (Lipinski definition) is 1. The first-order valence-corrected chi connectivity index (χ1v) is 2.99. The maximum Gasteiger partial charge on any atom is 0.278 e. The molecule has 0 aliphatic carbocycles. The molecular weight excluding hydrogens is 118 g/mol. The van der Waals surface area contributed by atoms with Crippen LogP contribution in [0.5, 0.6) is 0 Å². The Balaban J connectivity index is 3.92. The molecule has 0 unspecified atom stereocenters. The van der Waals surface area contributed by atoms with Gasteiger partial charge in [0.15, 0.2) is 5.75 Å². The van der Waals surface area contributed by atoms with Gasteiger partial charge < -0.3 is 0 Å². The van der Waals surface area contributed by atoms with Crippen molar-refractivity contribution < 1.29 is 13.0 Å². The van der Waals surface area contributed by atoms with Crippen molar-refractivity contribution in [3.8, 4) is 6.07 Å². The first-order valence-electron chi connectivity index (χ1n) is 1.38. The average Bonchev–Trinajstić information content (AvgIpc) is 1.30. The van der Waals surface area contributed by atoms with Crippen LogP contribution in [0.25, 0.3) is 0 Å². The summed E-state index contributed by atoms with van der Waals surface area (Å²) in [5, 5.41) is 7.61. The fourth-order valence-corrected chi connectivity index (χ4v) is 0.245. The third-order valence-electron chi connectivity index (χ3n) is 0.247. The van der Waals surface area contributed by atoms with Crippen molar-refractivity contribution in [2.75, 3.05) is 5.75 Å². The molecule has 5 heteroatoms. The van der Waals surface area contributed by atoms with Gasteiger partial charge in [0.25, 0.3) is 10.1 Å². The summed E-state index contributed by atoms with van der Waals surface area (Å²) in [4.78, 5) is 0. The van der Waals surface area contributed by atoms with E-state index in [9.17, 15) is 8.42 Å². The summed E-state index contributed by atoms with van der Waals surface area (Å²) < 4.78 is 26.9. The quantitative estimate of drug-likeness (QED) is 0.470. The van der Waals surface area contributed by atoms with E-state index in [4.69, 9.17) is 9.81 Å². The maximum absolute atomic E-state index is 9.56. The van der Waals surface area contributed by atoms with E-state index in [1.807, 2.05) is 0 Å². The first kappa shape index (κ1) is 6.40. The summed E-state index contributed by atoms with van der Waals surface area (Å²) in [6.45, 7) is 0. The second-order valence-electron chi connectivity index (χ2n) is 0.884. The molecule has 0 rings (SSSR count). The molecule has 0 aliphatic rings. The zero-order valence-corrected chi connectivity index (χ0v) is 4.14. The van der Waals surface area contributed by atoms with Crippen molar-refractivity contribution in [1.82, 2.24) is 0 Å². The van der Waals surface area contributed by atoms with Crippen LogP contribution in [0.3, 0.4) is 0 Å². The van der Waals surface area contributed by atoms with Gasteiger partial charge in [0.1, 0.15) is 0 Å². The van der Waals surface area contributed by atoms with Crippen LogP contribution in [0.15, 0.2) is 0 Å². The molecule has 4 nitrogen and oxygen atoms in total. The van der Waals surface area contributed by atoms with Crippen molar-refractivity contribution in [1.29, 1.82) is 5.26 Å². The van der Waals surface area contributed by atoms with Gasteiger partial charge in [0, 0.05) is 0 Å². The lowest BCUT2D eigenvalue weighted by atomic mass is 10.9. The average molecular weight is 121 g/mol.